The number of aliphatic hydroxyl groups excluding tert-OH is 1. The Morgan fingerprint density at radius 1 is 0.301 bits per heavy atom. The van der Waals surface area contributed by atoms with Gasteiger partial charge in [-0.05, 0) is 49.4 Å². The van der Waals surface area contributed by atoms with Crippen LogP contribution in [0.3, 0.4) is 0 Å². The van der Waals surface area contributed by atoms with Crippen LogP contribution in [0.4, 0.5) is 0 Å². The number of hydrogen-bond donors (Lipinski definition) is 3. The Kier molecular flexibility index (Phi) is 62.2. The van der Waals surface area contributed by atoms with Crippen LogP contribution in [0.2, 0.25) is 0 Å². The molecule has 0 radical (unpaired) electrons. The van der Waals surface area contributed by atoms with Crippen LogP contribution in [-0.2, 0) is 65.4 Å². The van der Waals surface area contributed by atoms with Crippen molar-refractivity contribution in [3.8, 4) is 0 Å². The summed E-state index contributed by atoms with van der Waals surface area (Å²) in [7, 11) is -9.90. The number of carbonyl (C=O) groups is 4. The summed E-state index contributed by atoms with van der Waals surface area (Å²) in [5.41, 5.74) is 0. The average molecular weight is 1370 g/mol. The number of aliphatic hydroxyl groups is 1. The van der Waals surface area contributed by atoms with Gasteiger partial charge in [0.25, 0.3) is 0 Å². The fourth-order valence-corrected chi connectivity index (χ4v) is 12.7. The number of phosphoric ester groups is 2. The highest BCUT2D eigenvalue weighted by molar-refractivity contribution is 7.47. The number of ether oxygens (including phenoxy) is 4. The molecule has 93 heavy (non-hydrogen) atoms. The summed E-state index contributed by atoms with van der Waals surface area (Å²) in [6.45, 7) is 14.1. The van der Waals surface area contributed by atoms with Gasteiger partial charge in [-0.1, -0.05) is 319 Å². The first-order valence-corrected chi connectivity index (χ1v) is 41.3. The molecule has 0 saturated carbocycles. The van der Waals surface area contributed by atoms with Gasteiger partial charge in [-0.2, -0.15) is 0 Å². The van der Waals surface area contributed by atoms with Gasteiger partial charge >= 0.3 is 39.5 Å². The predicted molar refractivity (Wildman–Crippen MR) is 377 cm³/mol. The lowest BCUT2D eigenvalue weighted by atomic mass is 9.99. The highest BCUT2D eigenvalue weighted by atomic mass is 31.2. The fourth-order valence-electron chi connectivity index (χ4n) is 11.1. The van der Waals surface area contributed by atoms with E-state index in [9.17, 15) is 43.2 Å². The van der Waals surface area contributed by atoms with E-state index in [-0.39, 0.29) is 25.7 Å². The van der Waals surface area contributed by atoms with Crippen molar-refractivity contribution in [2.45, 2.75) is 388 Å². The van der Waals surface area contributed by atoms with Gasteiger partial charge in [0.1, 0.15) is 19.3 Å². The summed E-state index contributed by atoms with van der Waals surface area (Å²) in [6.07, 6.45) is 47.6. The molecule has 0 spiro atoms. The van der Waals surface area contributed by atoms with Crippen molar-refractivity contribution >= 4 is 39.5 Å². The molecule has 7 atom stereocenters. The second-order valence-electron chi connectivity index (χ2n) is 28.1. The van der Waals surface area contributed by atoms with E-state index >= 15 is 0 Å². The lowest BCUT2D eigenvalue weighted by Crippen LogP contribution is -2.30. The second-order valence-corrected chi connectivity index (χ2v) is 31.0. The first-order chi connectivity index (χ1) is 44.7. The molecule has 0 fully saturated rings. The summed E-state index contributed by atoms with van der Waals surface area (Å²) in [5, 5.41) is 10.6. The first kappa shape index (κ1) is 91.1. The van der Waals surface area contributed by atoms with Crippen LogP contribution in [0.5, 0.6) is 0 Å². The topological polar surface area (TPSA) is 237 Å². The van der Waals surface area contributed by atoms with Crippen molar-refractivity contribution in [1.29, 1.82) is 0 Å². The maximum atomic E-state index is 13.0. The van der Waals surface area contributed by atoms with Gasteiger partial charge in [0, 0.05) is 25.7 Å². The van der Waals surface area contributed by atoms with E-state index in [2.05, 4.69) is 55.4 Å². The van der Waals surface area contributed by atoms with Crippen LogP contribution in [0.1, 0.15) is 370 Å². The smallest absolute Gasteiger partial charge is 0.462 e. The molecule has 0 saturated heterocycles. The lowest BCUT2D eigenvalue weighted by Gasteiger charge is -2.21. The van der Waals surface area contributed by atoms with Crippen molar-refractivity contribution in [3.05, 3.63) is 0 Å². The Bertz CT molecular complexity index is 1840. The normalized spacial score (nSPS) is 14.8. The lowest BCUT2D eigenvalue weighted by molar-refractivity contribution is -0.161. The molecular formula is C74H144O17P2. The zero-order chi connectivity index (χ0) is 68.9. The summed E-state index contributed by atoms with van der Waals surface area (Å²) in [4.78, 5) is 72.6. The molecule has 0 aliphatic rings. The van der Waals surface area contributed by atoms with E-state index in [4.69, 9.17) is 37.0 Å². The van der Waals surface area contributed by atoms with Gasteiger partial charge in [-0.15, -0.1) is 0 Å². The number of rotatable bonds is 71. The first-order valence-electron chi connectivity index (χ1n) is 38.3. The van der Waals surface area contributed by atoms with Crippen LogP contribution in [-0.4, -0.2) is 96.7 Å². The van der Waals surface area contributed by atoms with E-state index in [0.717, 1.165) is 114 Å². The number of esters is 4. The Hall–Kier alpha value is -1.94. The van der Waals surface area contributed by atoms with Crippen LogP contribution in [0.25, 0.3) is 0 Å². The molecule has 0 aromatic heterocycles. The molecule has 0 aromatic rings. The van der Waals surface area contributed by atoms with Gasteiger partial charge in [0.15, 0.2) is 12.2 Å². The van der Waals surface area contributed by atoms with Crippen LogP contribution in [0.15, 0.2) is 0 Å². The molecule has 17 nitrogen and oxygen atoms in total. The number of unbranched alkanes of at least 4 members (excludes halogenated alkanes) is 35. The highest BCUT2D eigenvalue weighted by Gasteiger charge is 2.30. The number of carbonyl (C=O) groups excluding carboxylic acids is 4. The summed E-state index contributed by atoms with van der Waals surface area (Å²) >= 11 is 0. The molecule has 0 amide bonds. The average Bonchev–Trinajstić information content (AvgIpc) is 3.21. The third-order valence-electron chi connectivity index (χ3n) is 17.8. The van der Waals surface area contributed by atoms with Gasteiger partial charge in [-0.3, -0.25) is 37.3 Å². The van der Waals surface area contributed by atoms with E-state index in [1.54, 1.807) is 0 Å². The summed E-state index contributed by atoms with van der Waals surface area (Å²) in [6, 6.07) is 0. The number of phosphoric acid groups is 2. The minimum absolute atomic E-state index is 0.103. The maximum absolute atomic E-state index is 13.0. The van der Waals surface area contributed by atoms with Gasteiger partial charge < -0.3 is 33.8 Å². The van der Waals surface area contributed by atoms with Gasteiger partial charge in [0.2, 0.25) is 0 Å². The SMILES string of the molecule is CCC(C)CCCCCCCCCCCCCCCCCCCCC(=O)OC[C@H](COP(=O)(O)OC[C@@H](O)COP(=O)(O)OC[C@@H](COC(=O)CCCCCCCCC(C)C)OC(=O)CCCCCCCCCCCC(C)C)OC(=O)CCCCCCCCC(C)CC. The molecule has 0 rings (SSSR count). The molecule has 552 valence electrons. The molecule has 3 N–H and O–H groups in total. The summed E-state index contributed by atoms with van der Waals surface area (Å²) < 4.78 is 68.3. The molecular weight excluding hydrogens is 1220 g/mol. The largest absolute Gasteiger partial charge is 0.472 e. The molecule has 0 heterocycles. The minimum atomic E-state index is -4.95. The maximum Gasteiger partial charge on any atom is 0.472 e. The zero-order valence-corrected chi connectivity index (χ0v) is 62.7. The fraction of sp³-hybridized carbons (Fsp3) is 0.946. The van der Waals surface area contributed by atoms with E-state index in [1.807, 2.05) is 0 Å². The molecule has 19 heteroatoms. The van der Waals surface area contributed by atoms with E-state index < -0.39 is 97.5 Å². The Morgan fingerprint density at radius 2 is 0.516 bits per heavy atom. The molecule has 0 bridgehead atoms. The quantitative estimate of drug-likeness (QED) is 0.0222. The van der Waals surface area contributed by atoms with Gasteiger partial charge in [0.05, 0.1) is 26.4 Å². The monoisotopic (exact) mass is 1370 g/mol. The minimum Gasteiger partial charge on any atom is -0.462 e. The standard InChI is InChI=1S/C74H144O17P2/c1-9-66(7)52-44-36-27-23-19-17-15-13-11-12-14-16-18-20-24-28-38-46-54-71(76)84-60-70(91-74(79)57-49-41-33-31-37-45-53-67(8)10-2)63-89-93(82,83)87-59-68(75)58-86-92(80,81)88-62-69(61-85-72(77)55-47-39-32-30-35-43-51-65(5)6)90-73(78)56-48-40-29-25-21-22-26-34-42-50-64(3)4/h64-70,75H,9-63H2,1-8H3,(H,80,81)(H,82,83)/t66?,67?,68-,69+,70+/m0/s1. The van der Waals surface area contributed by atoms with E-state index in [0.29, 0.717) is 31.6 Å². The van der Waals surface area contributed by atoms with Crippen LogP contribution in [0, 0.1) is 23.7 Å². The Balaban J connectivity index is 5.12. The van der Waals surface area contributed by atoms with Gasteiger partial charge in [-0.25, -0.2) is 9.13 Å². The molecule has 4 unspecified atom stereocenters. The number of hydrogen-bond acceptors (Lipinski definition) is 15. The zero-order valence-electron chi connectivity index (χ0n) is 60.9. The molecule has 0 aliphatic heterocycles. The van der Waals surface area contributed by atoms with Crippen LogP contribution >= 0.6 is 15.6 Å². The Morgan fingerprint density at radius 3 is 0.763 bits per heavy atom. The summed E-state index contributed by atoms with van der Waals surface area (Å²) in [5.74, 6) is 0.879. The second kappa shape index (κ2) is 63.5. The van der Waals surface area contributed by atoms with Crippen LogP contribution < -0.4 is 0 Å². The molecule has 0 aromatic carbocycles. The van der Waals surface area contributed by atoms with Crippen molar-refractivity contribution in [2.75, 3.05) is 39.6 Å². The third kappa shape index (κ3) is 65.8. The van der Waals surface area contributed by atoms with Crippen molar-refractivity contribution < 1.29 is 80.2 Å². The Labute approximate surface area is 568 Å². The van der Waals surface area contributed by atoms with E-state index in [1.165, 1.54) is 167 Å². The predicted octanol–water partition coefficient (Wildman–Crippen LogP) is 21.3. The van der Waals surface area contributed by atoms with Crippen molar-refractivity contribution in [3.63, 3.8) is 0 Å². The molecule has 0 aliphatic carbocycles. The highest BCUT2D eigenvalue weighted by Crippen LogP contribution is 2.45. The van der Waals surface area contributed by atoms with Crippen molar-refractivity contribution in [1.82, 2.24) is 0 Å². The van der Waals surface area contributed by atoms with Crippen molar-refractivity contribution in [2.24, 2.45) is 23.7 Å². The third-order valence-corrected chi connectivity index (χ3v) is 19.7.